The Labute approximate surface area is 165 Å². The molecule has 4 aromatic rings. The van der Waals surface area contributed by atoms with Crippen molar-refractivity contribution in [3.63, 3.8) is 0 Å². The van der Waals surface area contributed by atoms with Gasteiger partial charge in [-0.05, 0) is 37.1 Å². The largest absolute Gasteiger partial charge is 0.423 e. The highest BCUT2D eigenvalue weighted by Crippen LogP contribution is 2.28. The molecule has 29 heavy (non-hydrogen) atoms. The molecule has 2 aromatic heterocycles. The van der Waals surface area contributed by atoms with Crippen LogP contribution in [0.1, 0.15) is 23.2 Å². The quantitative estimate of drug-likeness (QED) is 0.539. The zero-order chi connectivity index (χ0) is 19.8. The van der Waals surface area contributed by atoms with Gasteiger partial charge in [0.1, 0.15) is 16.7 Å². The number of rotatable bonds is 4. The Morgan fingerprint density at radius 3 is 2.76 bits per heavy atom. The van der Waals surface area contributed by atoms with Crippen LogP contribution in [0.5, 0.6) is 0 Å². The van der Waals surface area contributed by atoms with E-state index >= 15 is 0 Å². The van der Waals surface area contributed by atoms with Gasteiger partial charge in [-0.1, -0.05) is 30.3 Å². The minimum atomic E-state index is -0.636. The molecule has 0 aliphatic carbocycles. The van der Waals surface area contributed by atoms with Crippen LogP contribution >= 0.6 is 0 Å². The molecule has 2 aromatic carbocycles. The molecule has 7 heteroatoms. The molecule has 3 heterocycles. The molecule has 146 valence electrons. The van der Waals surface area contributed by atoms with Crippen molar-refractivity contribution in [2.75, 3.05) is 18.0 Å². The van der Waals surface area contributed by atoms with Crippen LogP contribution < -0.4 is 15.8 Å². The second-order valence-electron chi connectivity index (χ2n) is 7.15. The summed E-state index contributed by atoms with van der Waals surface area (Å²) in [7, 11) is 0. The van der Waals surface area contributed by atoms with Crippen molar-refractivity contribution in [3.05, 3.63) is 70.6 Å². The van der Waals surface area contributed by atoms with Crippen LogP contribution in [0.15, 0.2) is 68.2 Å². The monoisotopic (exact) mass is 389 g/mol. The van der Waals surface area contributed by atoms with Crippen molar-refractivity contribution in [2.24, 2.45) is 0 Å². The van der Waals surface area contributed by atoms with Crippen molar-refractivity contribution < 1.29 is 13.6 Å². The van der Waals surface area contributed by atoms with Gasteiger partial charge in [0.2, 0.25) is 0 Å². The Kier molecular flexibility index (Phi) is 4.27. The van der Waals surface area contributed by atoms with Crippen LogP contribution in [-0.2, 0) is 0 Å². The summed E-state index contributed by atoms with van der Waals surface area (Å²) < 4.78 is 11.1. The number of amides is 1. The van der Waals surface area contributed by atoms with Crippen molar-refractivity contribution in [1.82, 2.24) is 10.3 Å². The molecule has 0 saturated carbocycles. The van der Waals surface area contributed by atoms with E-state index in [-0.39, 0.29) is 11.6 Å². The highest BCUT2D eigenvalue weighted by molar-refractivity contribution is 5.96. The molecule has 1 fully saturated rings. The second kappa shape index (κ2) is 7.09. The van der Waals surface area contributed by atoms with Gasteiger partial charge in [0.05, 0.1) is 6.04 Å². The first-order valence-electron chi connectivity index (χ1n) is 9.62. The fourth-order valence-electron chi connectivity index (χ4n) is 3.81. The molecule has 1 aliphatic heterocycles. The third-order valence-corrected chi connectivity index (χ3v) is 5.29. The van der Waals surface area contributed by atoms with Crippen LogP contribution in [0.4, 0.5) is 6.01 Å². The van der Waals surface area contributed by atoms with E-state index in [0.717, 1.165) is 30.5 Å². The van der Waals surface area contributed by atoms with Crippen LogP contribution in [-0.4, -0.2) is 30.0 Å². The van der Waals surface area contributed by atoms with Gasteiger partial charge < -0.3 is 19.1 Å². The number of anilines is 1. The molecular weight excluding hydrogens is 370 g/mol. The first kappa shape index (κ1) is 17.5. The molecular formula is C22H19N3O4. The number of fused-ring (bicyclic) bond motifs is 2. The van der Waals surface area contributed by atoms with E-state index in [1.165, 1.54) is 0 Å². The highest BCUT2D eigenvalue weighted by Gasteiger charge is 2.29. The fourth-order valence-corrected chi connectivity index (χ4v) is 3.81. The topological polar surface area (TPSA) is 88.6 Å². The first-order valence-corrected chi connectivity index (χ1v) is 9.62. The number of nitrogens with one attached hydrogen (secondary N) is 1. The lowest BCUT2D eigenvalue weighted by molar-refractivity contribution is 0.0947. The molecule has 5 rings (SSSR count). The summed E-state index contributed by atoms with van der Waals surface area (Å²) in [6.07, 6.45) is 1.89. The van der Waals surface area contributed by atoms with Crippen LogP contribution in [0.25, 0.3) is 22.1 Å². The van der Waals surface area contributed by atoms with Gasteiger partial charge in [-0.25, -0.2) is 4.79 Å². The van der Waals surface area contributed by atoms with Gasteiger partial charge >= 0.3 is 5.63 Å². The number of hydrogen-bond donors (Lipinski definition) is 1. The number of nitrogens with zero attached hydrogens (tertiary/aromatic N) is 2. The number of carbonyl (C=O) groups is 1. The summed E-state index contributed by atoms with van der Waals surface area (Å²) in [4.78, 5) is 31.4. The summed E-state index contributed by atoms with van der Waals surface area (Å²) in [5.41, 5.74) is 1.39. The van der Waals surface area contributed by atoms with E-state index in [9.17, 15) is 9.59 Å². The van der Waals surface area contributed by atoms with Crippen LogP contribution in [0.3, 0.4) is 0 Å². The summed E-state index contributed by atoms with van der Waals surface area (Å²) >= 11 is 0. The summed E-state index contributed by atoms with van der Waals surface area (Å²) in [6.45, 7) is 1.20. The standard InChI is InChI=1S/C22H19N3O4/c26-20(16-12-14-6-1-3-9-18(14)28-21(16)27)23-13-15-7-5-11-25(15)22-24-17-8-2-4-10-19(17)29-22/h1-4,6,8-10,12,15H,5,7,11,13H2,(H,23,26). The first-order chi connectivity index (χ1) is 14.2. The number of aromatic nitrogens is 1. The number of hydrogen-bond acceptors (Lipinski definition) is 6. The predicted octanol–water partition coefficient (Wildman–Crippen LogP) is 3.33. The van der Waals surface area contributed by atoms with Crippen LogP contribution in [0, 0.1) is 0 Å². The molecule has 7 nitrogen and oxygen atoms in total. The molecule has 0 radical (unpaired) electrons. The van der Waals surface area contributed by atoms with Crippen molar-refractivity contribution in [2.45, 2.75) is 18.9 Å². The Bertz CT molecular complexity index is 1230. The number of oxazole rings is 1. The van der Waals surface area contributed by atoms with Gasteiger partial charge in [0.25, 0.3) is 11.9 Å². The van der Waals surface area contributed by atoms with Crippen molar-refractivity contribution in [1.29, 1.82) is 0 Å². The maximum Gasteiger partial charge on any atom is 0.349 e. The van der Waals surface area contributed by atoms with Crippen molar-refractivity contribution in [3.8, 4) is 0 Å². The highest BCUT2D eigenvalue weighted by atomic mass is 16.4. The normalized spacial score (nSPS) is 16.6. The summed E-state index contributed by atoms with van der Waals surface area (Å²) in [5.74, 6) is -0.436. The van der Waals surface area contributed by atoms with Gasteiger partial charge in [0.15, 0.2) is 5.58 Å². The Morgan fingerprint density at radius 1 is 1.10 bits per heavy atom. The molecule has 1 saturated heterocycles. The van der Waals surface area contributed by atoms with Crippen molar-refractivity contribution >= 4 is 34.0 Å². The maximum atomic E-state index is 12.6. The average molecular weight is 389 g/mol. The van der Waals surface area contributed by atoms with E-state index in [4.69, 9.17) is 8.83 Å². The zero-order valence-corrected chi connectivity index (χ0v) is 15.6. The Balaban J connectivity index is 1.33. The third-order valence-electron chi connectivity index (χ3n) is 5.29. The maximum absolute atomic E-state index is 12.6. The summed E-state index contributed by atoms with van der Waals surface area (Å²) in [5, 5.41) is 3.58. The molecule has 1 atom stereocenters. The van der Waals surface area contributed by atoms with E-state index in [1.807, 2.05) is 30.3 Å². The number of para-hydroxylation sites is 3. The number of benzene rings is 2. The van der Waals surface area contributed by atoms with Gasteiger partial charge in [0, 0.05) is 18.5 Å². The number of carbonyl (C=O) groups excluding carboxylic acids is 1. The fraction of sp³-hybridized carbons (Fsp3) is 0.227. The minimum Gasteiger partial charge on any atom is -0.423 e. The molecule has 1 amide bonds. The molecule has 0 spiro atoms. The lowest BCUT2D eigenvalue weighted by atomic mass is 10.1. The lowest BCUT2D eigenvalue weighted by Crippen LogP contribution is -2.41. The molecule has 0 bridgehead atoms. The predicted molar refractivity (Wildman–Crippen MR) is 109 cm³/mol. The third kappa shape index (κ3) is 3.24. The second-order valence-corrected chi connectivity index (χ2v) is 7.15. The van der Waals surface area contributed by atoms with Crippen LogP contribution in [0.2, 0.25) is 0 Å². The SMILES string of the molecule is O=C(NCC1CCCN1c1nc2ccccc2o1)c1cc2ccccc2oc1=O. The Hall–Kier alpha value is -3.61. The van der Waals surface area contributed by atoms with Gasteiger partial charge in [-0.2, -0.15) is 4.98 Å². The van der Waals surface area contributed by atoms with E-state index in [2.05, 4.69) is 15.2 Å². The minimum absolute atomic E-state index is 0.00936. The Morgan fingerprint density at radius 2 is 1.90 bits per heavy atom. The molecule has 1 N–H and O–H groups in total. The molecule has 1 unspecified atom stereocenters. The molecule has 1 aliphatic rings. The summed E-state index contributed by atoms with van der Waals surface area (Å²) in [6, 6.07) is 16.9. The average Bonchev–Trinajstić information content (AvgIpc) is 3.37. The zero-order valence-electron chi connectivity index (χ0n) is 15.6. The van der Waals surface area contributed by atoms with E-state index < -0.39 is 11.5 Å². The van der Waals surface area contributed by atoms with Gasteiger partial charge in [-0.15, -0.1) is 0 Å². The van der Waals surface area contributed by atoms with Gasteiger partial charge in [-0.3, -0.25) is 4.79 Å². The smallest absolute Gasteiger partial charge is 0.349 e. The van der Waals surface area contributed by atoms with E-state index in [1.54, 1.807) is 24.3 Å². The lowest BCUT2D eigenvalue weighted by Gasteiger charge is -2.22. The van der Waals surface area contributed by atoms with E-state index in [0.29, 0.717) is 23.5 Å².